The van der Waals surface area contributed by atoms with Gasteiger partial charge in [0.1, 0.15) is 5.75 Å². The van der Waals surface area contributed by atoms with Crippen molar-refractivity contribution in [3.63, 3.8) is 0 Å². The highest BCUT2D eigenvalue weighted by atomic mass is 32.2. The van der Waals surface area contributed by atoms with Crippen molar-refractivity contribution in [2.45, 2.75) is 19.4 Å². The zero-order chi connectivity index (χ0) is 29.6. The highest BCUT2D eigenvalue weighted by molar-refractivity contribution is 8.18. The number of benzene rings is 4. The smallest absolute Gasteiger partial charge is 0.267 e. The molecular formula is C36H32N4O2S. The van der Waals surface area contributed by atoms with Gasteiger partial charge in [0.2, 0.25) is 0 Å². The predicted octanol–water partition coefficient (Wildman–Crippen LogP) is 8.23. The number of amidine groups is 1. The van der Waals surface area contributed by atoms with Gasteiger partial charge in [0, 0.05) is 13.0 Å². The van der Waals surface area contributed by atoms with Crippen molar-refractivity contribution in [3.8, 4) is 5.75 Å². The number of carbonyl (C=O) groups is 1. The van der Waals surface area contributed by atoms with Gasteiger partial charge in [0.05, 0.1) is 34.6 Å². The lowest BCUT2D eigenvalue weighted by molar-refractivity contribution is -0.121. The van der Waals surface area contributed by atoms with Gasteiger partial charge in [0.15, 0.2) is 5.17 Å². The summed E-state index contributed by atoms with van der Waals surface area (Å²) < 4.78 is 5.54. The molecular weight excluding hydrogens is 552 g/mol. The lowest BCUT2D eigenvalue weighted by Gasteiger charge is -2.24. The second-order valence-corrected chi connectivity index (χ2v) is 11.1. The van der Waals surface area contributed by atoms with Crippen LogP contribution in [0, 0.1) is 0 Å². The second-order valence-electron chi connectivity index (χ2n) is 10.1. The van der Waals surface area contributed by atoms with E-state index in [1.54, 1.807) is 11.0 Å². The fourth-order valence-corrected chi connectivity index (χ4v) is 6.15. The zero-order valence-electron chi connectivity index (χ0n) is 24.0. The SMILES string of the molecule is C=CCN1C(=O)/C(=C/c2ccc(N3N=C(c4ccccc4)CC3c3ccccc3)cc2)SC1=Nc1ccc(OCC)cc1. The van der Waals surface area contributed by atoms with Crippen LogP contribution in [0.3, 0.4) is 0 Å². The number of ether oxygens (including phenoxy) is 1. The minimum Gasteiger partial charge on any atom is -0.494 e. The number of amides is 1. The summed E-state index contributed by atoms with van der Waals surface area (Å²) in [5.41, 5.74) is 6.11. The quantitative estimate of drug-likeness (QED) is 0.147. The minimum atomic E-state index is -0.0838. The van der Waals surface area contributed by atoms with Gasteiger partial charge in [-0.15, -0.1) is 6.58 Å². The molecule has 0 N–H and O–H groups in total. The van der Waals surface area contributed by atoms with Gasteiger partial charge in [-0.3, -0.25) is 14.7 Å². The monoisotopic (exact) mass is 584 g/mol. The molecule has 0 spiro atoms. The Balaban J connectivity index is 1.25. The molecule has 1 saturated heterocycles. The second kappa shape index (κ2) is 13.0. The summed E-state index contributed by atoms with van der Waals surface area (Å²) in [5.74, 6) is 0.707. The van der Waals surface area contributed by atoms with Gasteiger partial charge < -0.3 is 4.74 Å². The van der Waals surface area contributed by atoms with Crippen molar-refractivity contribution in [3.05, 3.63) is 143 Å². The molecule has 0 radical (unpaired) electrons. The largest absolute Gasteiger partial charge is 0.494 e. The fraction of sp³-hybridized carbons (Fsp3) is 0.139. The Morgan fingerprint density at radius 1 is 0.953 bits per heavy atom. The summed E-state index contributed by atoms with van der Waals surface area (Å²) in [5, 5.41) is 7.80. The van der Waals surface area contributed by atoms with E-state index in [0.717, 1.165) is 40.4 Å². The molecule has 1 unspecified atom stereocenters. The summed E-state index contributed by atoms with van der Waals surface area (Å²) in [6.45, 7) is 6.77. The minimum absolute atomic E-state index is 0.0838. The highest BCUT2D eigenvalue weighted by Crippen LogP contribution is 2.38. The Bertz CT molecular complexity index is 1680. The van der Waals surface area contributed by atoms with E-state index >= 15 is 0 Å². The molecule has 2 heterocycles. The van der Waals surface area contributed by atoms with Crippen LogP contribution in [0.25, 0.3) is 6.08 Å². The molecule has 7 heteroatoms. The molecule has 4 aromatic rings. The van der Waals surface area contributed by atoms with E-state index < -0.39 is 0 Å². The zero-order valence-corrected chi connectivity index (χ0v) is 24.8. The van der Waals surface area contributed by atoms with Crippen molar-refractivity contribution >= 4 is 46.0 Å². The van der Waals surface area contributed by atoms with E-state index in [-0.39, 0.29) is 11.9 Å². The first-order valence-electron chi connectivity index (χ1n) is 14.3. The van der Waals surface area contributed by atoms with Crippen LogP contribution in [0.5, 0.6) is 5.75 Å². The summed E-state index contributed by atoms with van der Waals surface area (Å²) in [7, 11) is 0. The van der Waals surface area contributed by atoms with Crippen LogP contribution in [0.1, 0.15) is 36.1 Å². The summed E-state index contributed by atoms with van der Waals surface area (Å²) in [6.07, 6.45) is 4.46. The average molecular weight is 585 g/mol. The number of anilines is 1. The molecule has 1 atom stereocenters. The molecule has 0 aliphatic carbocycles. The number of carbonyl (C=O) groups excluding carboxylic acids is 1. The first-order valence-corrected chi connectivity index (χ1v) is 15.2. The predicted molar refractivity (Wildman–Crippen MR) is 178 cm³/mol. The molecule has 2 aliphatic rings. The van der Waals surface area contributed by atoms with Crippen molar-refractivity contribution in [1.82, 2.24) is 4.90 Å². The molecule has 4 aromatic carbocycles. The van der Waals surface area contributed by atoms with Crippen molar-refractivity contribution in [2.24, 2.45) is 10.1 Å². The molecule has 6 rings (SSSR count). The van der Waals surface area contributed by atoms with Crippen molar-refractivity contribution in [1.29, 1.82) is 0 Å². The maximum absolute atomic E-state index is 13.3. The Hall–Kier alpha value is -4.88. The van der Waals surface area contributed by atoms with Crippen LogP contribution in [-0.4, -0.2) is 34.8 Å². The number of hydrazone groups is 1. The van der Waals surface area contributed by atoms with Crippen LogP contribution in [0.4, 0.5) is 11.4 Å². The third-order valence-corrected chi connectivity index (χ3v) is 8.24. The van der Waals surface area contributed by atoms with Gasteiger partial charge in [-0.1, -0.05) is 78.9 Å². The molecule has 0 bridgehead atoms. The number of rotatable bonds is 9. The van der Waals surface area contributed by atoms with Crippen molar-refractivity contribution in [2.75, 3.05) is 18.2 Å². The van der Waals surface area contributed by atoms with E-state index in [2.05, 4.69) is 60.1 Å². The number of aliphatic imine (C=N–C) groups is 1. The summed E-state index contributed by atoms with van der Waals surface area (Å²) >= 11 is 1.37. The Labute approximate surface area is 256 Å². The van der Waals surface area contributed by atoms with Gasteiger partial charge in [-0.25, -0.2) is 4.99 Å². The first kappa shape index (κ1) is 28.2. The molecule has 1 fully saturated rings. The number of thioether (sulfide) groups is 1. The first-order chi connectivity index (χ1) is 21.1. The van der Waals surface area contributed by atoms with E-state index in [0.29, 0.717) is 23.2 Å². The van der Waals surface area contributed by atoms with Crippen LogP contribution < -0.4 is 9.75 Å². The van der Waals surface area contributed by atoms with Crippen LogP contribution >= 0.6 is 11.8 Å². The Kier molecular flexibility index (Phi) is 8.52. The molecule has 2 aliphatic heterocycles. The average Bonchev–Trinajstić information content (AvgIpc) is 3.62. The lowest BCUT2D eigenvalue weighted by Crippen LogP contribution is -2.29. The number of nitrogens with zero attached hydrogens (tertiary/aromatic N) is 4. The van der Waals surface area contributed by atoms with E-state index in [1.165, 1.54) is 17.3 Å². The third-order valence-electron chi connectivity index (χ3n) is 7.23. The molecule has 0 saturated carbocycles. The van der Waals surface area contributed by atoms with Gasteiger partial charge in [-0.05, 0) is 77.9 Å². The van der Waals surface area contributed by atoms with Crippen molar-refractivity contribution < 1.29 is 9.53 Å². The molecule has 1 amide bonds. The van der Waals surface area contributed by atoms with E-state index in [9.17, 15) is 4.79 Å². The van der Waals surface area contributed by atoms with Gasteiger partial charge in [0.25, 0.3) is 5.91 Å². The third kappa shape index (κ3) is 6.32. The number of hydrogen-bond donors (Lipinski definition) is 0. The molecule has 43 heavy (non-hydrogen) atoms. The van der Waals surface area contributed by atoms with E-state index in [4.69, 9.17) is 14.8 Å². The Morgan fingerprint density at radius 3 is 2.33 bits per heavy atom. The van der Waals surface area contributed by atoms with Crippen LogP contribution in [-0.2, 0) is 4.79 Å². The standard InChI is InChI=1S/C36H32N4O2S/c1-3-23-39-35(41)34(43-36(39)37-29-17-21-31(22-18-29)42-4-2)24-26-15-19-30(20-16-26)40-33(28-13-9-6-10-14-28)25-32(38-40)27-11-7-5-8-12-27/h3,5-22,24,33H,1,4,23,25H2,2H3/b34-24-,37-36?. The summed E-state index contributed by atoms with van der Waals surface area (Å²) in [6, 6.07) is 36.7. The summed E-state index contributed by atoms with van der Waals surface area (Å²) in [4.78, 5) is 20.4. The maximum atomic E-state index is 13.3. The van der Waals surface area contributed by atoms with Gasteiger partial charge >= 0.3 is 0 Å². The lowest BCUT2D eigenvalue weighted by atomic mass is 9.98. The molecule has 0 aromatic heterocycles. The van der Waals surface area contributed by atoms with Gasteiger partial charge in [-0.2, -0.15) is 5.10 Å². The topological polar surface area (TPSA) is 57.5 Å². The normalized spacial score (nSPS) is 18.4. The van der Waals surface area contributed by atoms with Crippen LogP contribution in [0.2, 0.25) is 0 Å². The molecule has 214 valence electrons. The fourth-order valence-electron chi connectivity index (χ4n) is 5.14. The maximum Gasteiger partial charge on any atom is 0.267 e. The highest BCUT2D eigenvalue weighted by Gasteiger charge is 2.33. The van der Waals surface area contributed by atoms with Crippen LogP contribution in [0.15, 0.2) is 137 Å². The Morgan fingerprint density at radius 2 is 1.65 bits per heavy atom. The van der Waals surface area contributed by atoms with E-state index in [1.807, 2.05) is 73.7 Å². The number of hydrogen-bond acceptors (Lipinski definition) is 6. The molecule has 6 nitrogen and oxygen atoms in total.